The summed E-state index contributed by atoms with van der Waals surface area (Å²) in [5.41, 5.74) is 0. The third-order valence-electron chi connectivity index (χ3n) is 2.78. The van der Waals surface area contributed by atoms with Gasteiger partial charge >= 0.3 is 0 Å². The van der Waals surface area contributed by atoms with Gasteiger partial charge in [-0.1, -0.05) is 27.7 Å². The number of nitrogens with zero attached hydrogens (tertiary/aromatic N) is 2. The van der Waals surface area contributed by atoms with Crippen molar-refractivity contribution in [1.29, 1.82) is 0 Å². The van der Waals surface area contributed by atoms with E-state index in [-0.39, 0.29) is 0 Å². The Labute approximate surface area is 111 Å². The average molecular weight is 250 g/mol. The second-order valence-corrected chi connectivity index (χ2v) is 5.36. The maximum absolute atomic E-state index is 4.54. The number of nitrogens with one attached hydrogen (secondary N) is 2. The van der Waals surface area contributed by atoms with Crippen LogP contribution in [0.1, 0.15) is 52.3 Å². The Bertz CT molecular complexity index is 361. The Morgan fingerprint density at radius 1 is 1.11 bits per heavy atom. The van der Waals surface area contributed by atoms with Crippen molar-refractivity contribution in [3.05, 3.63) is 11.9 Å². The van der Waals surface area contributed by atoms with E-state index in [9.17, 15) is 0 Å². The van der Waals surface area contributed by atoms with Crippen LogP contribution in [0.25, 0.3) is 0 Å². The van der Waals surface area contributed by atoms with Gasteiger partial charge in [-0.3, -0.25) is 0 Å². The zero-order chi connectivity index (χ0) is 13.5. The van der Waals surface area contributed by atoms with Crippen LogP contribution in [0.4, 0.5) is 11.6 Å². The molecule has 18 heavy (non-hydrogen) atoms. The molecule has 0 saturated heterocycles. The maximum Gasteiger partial charge on any atom is 0.135 e. The van der Waals surface area contributed by atoms with Crippen LogP contribution >= 0.6 is 0 Å². The lowest BCUT2D eigenvalue weighted by molar-refractivity contribution is 0.566. The highest BCUT2D eigenvalue weighted by Gasteiger charge is 2.07. The van der Waals surface area contributed by atoms with Gasteiger partial charge in [-0.25, -0.2) is 9.97 Å². The van der Waals surface area contributed by atoms with E-state index >= 15 is 0 Å². The van der Waals surface area contributed by atoms with Gasteiger partial charge in [0.1, 0.15) is 17.5 Å². The molecule has 0 aliphatic carbocycles. The molecule has 0 aliphatic rings. The smallest absolute Gasteiger partial charge is 0.135 e. The van der Waals surface area contributed by atoms with E-state index in [4.69, 9.17) is 0 Å². The Hall–Kier alpha value is -1.32. The van der Waals surface area contributed by atoms with Crippen molar-refractivity contribution in [3.8, 4) is 0 Å². The molecule has 4 heteroatoms. The van der Waals surface area contributed by atoms with Gasteiger partial charge in [-0.15, -0.1) is 0 Å². The van der Waals surface area contributed by atoms with Gasteiger partial charge in [0, 0.05) is 25.6 Å². The van der Waals surface area contributed by atoms with E-state index in [0.29, 0.717) is 5.92 Å². The summed E-state index contributed by atoms with van der Waals surface area (Å²) in [7, 11) is 1.88. The molecular weight excluding hydrogens is 224 g/mol. The van der Waals surface area contributed by atoms with Crippen LogP contribution in [-0.2, 0) is 0 Å². The summed E-state index contributed by atoms with van der Waals surface area (Å²) in [6, 6.07) is 1.96. The first-order chi connectivity index (χ1) is 8.52. The van der Waals surface area contributed by atoms with Crippen LogP contribution in [-0.4, -0.2) is 23.6 Å². The van der Waals surface area contributed by atoms with E-state index in [0.717, 1.165) is 29.9 Å². The molecule has 0 aromatic carbocycles. The molecule has 0 spiro atoms. The topological polar surface area (TPSA) is 49.8 Å². The number of anilines is 2. The summed E-state index contributed by atoms with van der Waals surface area (Å²) < 4.78 is 0. The fourth-order valence-corrected chi connectivity index (χ4v) is 1.67. The summed E-state index contributed by atoms with van der Waals surface area (Å²) in [6.07, 6.45) is 2.42. The van der Waals surface area contributed by atoms with Gasteiger partial charge in [0.25, 0.3) is 0 Å². The van der Waals surface area contributed by atoms with Crippen molar-refractivity contribution < 1.29 is 0 Å². The molecular formula is C14H26N4. The van der Waals surface area contributed by atoms with Crippen LogP contribution in [0.2, 0.25) is 0 Å². The summed E-state index contributed by atoms with van der Waals surface area (Å²) in [5, 5.41) is 6.46. The SMILES string of the molecule is CNc1cc(NCCCC(C)C)nc(C(C)C)n1. The molecule has 1 aromatic heterocycles. The average Bonchev–Trinajstić information content (AvgIpc) is 2.34. The van der Waals surface area contributed by atoms with Crippen LogP contribution < -0.4 is 10.6 Å². The maximum atomic E-state index is 4.54. The van der Waals surface area contributed by atoms with Gasteiger partial charge < -0.3 is 10.6 Å². The molecule has 0 atom stereocenters. The van der Waals surface area contributed by atoms with Crippen molar-refractivity contribution in [2.75, 3.05) is 24.2 Å². The summed E-state index contributed by atoms with van der Waals surface area (Å²) in [6.45, 7) is 9.69. The molecule has 102 valence electrons. The zero-order valence-corrected chi connectivity index (χ0v) is 12.2. The van der Waals surface area contributed by atoms with Gasteiger partial charge in [0.15, 0.2) is 0 Å². The van der Waals surface area contributed by atoms with Crippen LogP contribution in [0.3, 0.4) is 0 Å². The van der Waals surface area contributed by atoms with Crippen LogP contribution in [0.15, 0.2) is 6.07 Å². The lowest BCUT2D eigenvalue weighted by atomic mass is 10.1. The fraction of sp³-hybridized carbons (Fsp3) is 0.714. The van der Waals surface area contributed by atoms with Gasteiger partial charge in [-0.2, -0.15) is 0 Å². The number of aromatic nitrogens is 2. The highest BCUT2D eigenvalue weighted by atomic mass is 15.1. The van der Waals surface area contributed by atoms with E-state index in [1.165, 1.54) is 12.8 Å². The van der Waals surface area contributed by atoms with Gasteiger partial charge in [0.05, 0.1) is 0 Å². The van der Waals surface area contributed by atoms with Gasteiger partial charge in [-0.05, 0) is 18.8 Å². The predicted molar refractivity (Wildman–Crippen MR) is 78.2 cm³/mol. The fourth-order valence-electron chi connectivity index (χ4n) is 1.67. The first-order valence-corrected chi connectivity index (χ1v) is 6.83. The Kier molecular flexibility index (Phi) is 5.89. The first-order valence-electron chi connectivity index (χ1n) is 6.83. The largest absolute Gasteiger partial charge is 0.373 e. The van der Waals surface area contributed by atoms with Crippen LogP contribution in [0, 0.1) is 5.92 Å². The molecule has 0 bridgehead atoms. The predicted octanol–water partition coefficient (Wildman–Crippen LogP) is 3.49. The first kappa shape index (κ1) is 14.7. The second-order valence-electron chi connectivity index (χ2n) is 5.36. The molecule has 1 heterocycles. The van der Waals surface area contributed by atoms with Gasteiger partial charge in [0.2, 0.25) is 0 Å². The molecule has 0 amide bonds. The molecule has 0 unspecified atom stereocenters. The van der Waals surface area contributed by atoms with Crippen molar-refractivity contribution >= 4 is 11.6 Å². The monoisotopic (exact) mass is 250 g/mol. The minimum atomic E-state index is 0.342. The molecule has 0 aliphatic heterocycles. The normalized spacial score (nSPS) is 11.1. The minimum Gasteiger partial charge on any atom is -0.373 e. The van der Waals surface area contributed by atoms with E-state index in [2.05, 4.69) is 48.3 Å². The van der Waals surface area contributed by atoms with Crippen molar-refractivity contribution in [2.24, 2.45) is 5.92 Å². The Balaban J connectivity index is 2.61. The summed E-state index contributed by atoms with van der Waals surface area (Å²) in [4.78, 5) is 8.98. The lowest BCUT2D eigenvalue weighted by Crippen LogP contribution is -2.09. The third kappa shape index (κ3) is 4.90. The molecule has 0 radical (unpaired) electrons. The molecule has 2 N–H and O–H groups in total. The molecule has 0 fully saturated rings. The molecule has 0 saturated carbocycles. The van der Waals surface area contributed by atoms with Crippen molar-refractivity contribution in [1.82, 2.24) is 9.97 Å². The number of rotatable bonds is 7. The molecule has 1 aromatic rings. The second kappa shape index (κ2) is 7.19. The van der Waals surface area contributed by atoms with E-state index in [1.807, 2.05) is 13.1 Å². The van der Waals surface area contributed by atoms with Crippen molar-refractivity contribution in [3.63, 3.8) is 0 Å². The van der Waals surface area contributed by atoms with Crippen molar-refractivity contribution in [2.45, 2.75) is 46.5 Å². The standard InChI is InChI=1S/C14H26N4/c1-10(2)7-6-8-16-13-9-12(15-5)17-14(18-13)11(3)4/h9-11H,6-8H2,1-5H3,(H2,15,16,17,18). The van der Waals surface area contributed by atoms with Crippen LogP contribution in [0.5, 0.6) is 0 Å². The Morgan fingerprint density at radius 3 is 2.33 bits per heavy atom. The molecule has 4 nitrogen and oxygen atoms in total. The number of hydrogen-bond acceptors (Lipinski definition) is 4. The lowest BCUT2D eigenvalue weighted by Gasteiger charge is -2.12. The summed E-state index contributed by atoms with van der Waals surface area (Å²) in [5.74, 6) is 3.78. The number of hydrogen-bond donors (Lipinski definition) is 2. The summed E-state index contributed by atoms with van der Waals surface area (Å²) >= 11 is 0. The quantitative estimate of drug-likeness (QED) is 0.727. The zero-order valence-electron chi connectivity index (χ0n) is 12.2. The minimum absolute atomic E-state index is 0.342. The highest BCUT2D eigenvalue weighted by molar-refractivity contribution is 5.47. The molecule has 1 rings (SSSR count). The third-order valence-corrected chi connectivity index (χ3v) is 2.78. The highest BCUT2D eigenvalue weighted by Crippen LogP contribution is 2.16. The van der Waals surface area contributed by atoms with E-state index < -0.39 is 0 Å². The van der Waals surface area contributed by atoms with E-state index in [1.54, 1.807) is 0 Å². The Morgan fingerprint density at radius 2 is 1.78 bits per heavy atom.